The van der Waals surface area contributed by atoms with Crippen LogP contribution in [-0.2, 0) is 16.4 Å². The monoisotopic (exact) mass is 317 g/mol. The molecule has 1 heterocycles. The second-order valence-corrected chi connectivity index (χ2v) is 7.18. The minimum atomic E-state index is -3.53. The van der Waals surface area contributed by atoms with Gasteiger partial charge < -0.3 is 4.74 Å². The molecule has 0 saturated heterocycles. The maximum atomic E-state index is 12.9. The Hall–Kier alpha value is -2.01. The van der Waals surface area contributed by atoms with Gasteiger partial charge in [-0.05, 0) is 55.7 Å². The van der Waals surface area contributed by atoms with Crippen LogP contribution in [0.15, 0.2) is 47.4 Å². The van der Waals surface area contributed by atoms with Crippen molar-refractivity contribution >= 4 is 15.7 Å². The summed E-state index contributed by atoms with van der Waals surface area (Å²) in [6, 6.07) is 12.7. The van der Waals surface area contributed by atoms with Crippen molar-refractivity contribution in [1.29, 1.82) is 0 Å². The van der Waals surface area contributed by atoms with Gasteiger partial charge in [-0.2, -0.15) is 0 Å². The van der Waals surface area contributed by atoms with Gasteiger partial charge in [-0.1, -0.05) is 18.2 Å². The van der Waals surface area contributed by atoms with Crippen molar-refractivity contribution < 1.29 is 13.2 Å². The van der Waals surface area contributed by atoms with Crippen LogP contribution in [0.3, 0.4) is 0 Å². The summed E-state index contributed by atoms with van der Waals surface area (Å²) < 4.78 is 32.8. The summed E-state index contributed by atoms with van der Waals surface area (Å²) in [6.07, 6.45) is 0.755. The van der Waals surface area contributed by atoms with Gasteiger partial charge in [-0.15, -0.1) is 0 Å². The van der Waals surface area contributed by atoms with Gasteiger partial charge in [0.15, 0.2) is 0 Å². The highest BCUT2D eigenvalue weighted by atomic mass is 32.2. The Morgan fingerprint density at radius 3 is 2.68 bits per heavy atom. The number of rotatable bonds is 4. The highest BCUT2D eigenvalue weighted by molar-refractivity contribution is 7.92. The molecule has 116 valence electrons. The molecule has 0 atom stereocenters. The maximum absolute atomic E-state index is 12.9. The molecule has 2 aromatic carbocycles. The number of sulfonamides is 1. The van der Waals surface area contributed by atoms with Crippen LogP contribution in [0.5, 0.6) is 5.75 Å². The standard InChI is InChI=1S/C17H19NO3S/c1-3-21-17-9-8-15(12-13(17)2)22(19,20)18-11-10-14-6-4-5-7-16(14)18/h4-9,12H,3,10-11H2,1-2H3. The van der Waals surface area contributed by atoms with Crippen LogP contribution in [0.25, 0.3) is 0 Å². The number of hydrogen-bond donors (Lipinski definition) is 0. The van der Waals surface area contributed by atoms with Crippen molar-refractivity contribution in [2.45, 2.75) is 25.2 Å². The van der Waals surface area contributed by atoms with E-state index in [1.54, 1.807) is 18.2 Å². The zero-order chi connectivity index (χ0) is 15.7. The van der Waals surface area contributed by atoms with E-state index in [2.05, 4.69) is 0 Å². The predicted octanol–water partition coefficient (Wildman–Crippen LogP) is 3.15. The lowest BCUT2D eigenvalue weighted by Crippen LogP contribution is -2.29. The van der Waals surface area contributed by atoms with E-state index in [9.17, 15) is 8.42 Å². The van der Waals surface area contributed by atoms with Gasteiger partial charge in [-0.3, -0.25) is 4.31 Å². The van der Waals surface area contributed by atoms with E-state index in [1.165, 1.54) is 4.31 Å². The summed E-state index contributed by atoms with van der Waals surface area (Å²) >= 11 is 0. The first-order valence-corrected chi connectivity index (χ1v) is 8.82. The van der Waals surface area contributed by atoms with E-state index in [-0.39, 0.29) is 0 Å². The molecule has 3 rings (SSSR count). The van der Waals surface area contributed by atoms with Crippen molar-refractivity contribution in [2.75, 3.05) is 17.5 Å². The SMILES string of the molecule is CCOc1ccc(S(=O)(=O)N2CCc3ccccc32)cc1C. The van der Waals surface area contributed by atoms with E-state index < -0.39 is 10.0 Å². The summed E-state index contributed by atoms with van der Waals surface area (Å²) in [7, 11) is -3.53. The molecule has 0 amide bonds. The molecule has 0 N–H and O–H groups in total. The van der Waals surface area contributed by atoms with Gasteiger partial charge in [0.1, 0.15) is 5.75 Å². The molecule has 0 radical (unpaired) electrons. The van der Waals surface area contributed by atoms with E-state index in [0.717, 1.165) is 29.0 Å². The summed E-state index contributed by atoms with van der Waals surface area (Å²) in [5, 5.41) is 0. The molecule has 0 spiro atoms. The van der Waals surface area contributed by atoms with Crippen LogP contribution in [0.1, 0.15) is 18.1 Å². The Labute approximate surface area is 131 Å². The smallest absolute Gasteiger partial charge is 0.264 e. The lowest BCUT2D eigenvalue weighted by atomic mass is 10.2. The van der Waals surface area contributed by atoms with Crippen molar-refractivity contribution in [3.05, 3.63) is 53.6 Å². The fourth-order valence-electron chi connectivity index (χ4n) is 2.78. The zero-order valence-electron chi connectivity index (χ0n) is 12.7. The molecule has 5 heteroatoms. The summed E-state index contributed by atoms with van der Waals surface area (Å²) in [6.45, 7) is 4.83. The van der Waals surface area contributed by atoms with Gasteiger partial charge in [0.2, 0.25) is 0 Å². The predicted molar refractivity (Wildman–Crippen MR) is 87.0 cm³/mol. The second-order valence-electron chi connectivity index (χ2n) is 5.32. The van der Waals surface area contributed by atoms with Crippen molar-refractivity contribution in [3.63, 3.8) is 0 Å². The number of fused-ring (bicyclic) bond motifs is 1. The van der Waals surface area contributed by atoms with Gasteiger partial charge in [-0.25, -0.2) is 8.42 Å². The fourth-order valence-corrected chi connectivity index (χ4v) is 4.37. The van der Waals surface area contributed by atoms with Gasteiger partial charge in [0.25, 0.3) is 10.0 Å². The molecule has 0 unspecified atom stereocenters. The minimum absolute atomic E-state index is 0.310. The first-order valence-electron chi connectivity index (χ1n) is 7.38. The lowest BCUT2D eigenvalue weighted by Gasteiger charge is -2.20. The summed E-state index contributed by atoms with van der Waals surface area (Å²) in [4.78, 5) is 0.310. The topological polar surface area (TPSA) is 46.6 Å². The lowest BCUT2D eigenvalue weighted by molar-refractivity contribution is 0.337. The number of hydrogen-bond acceptors (Lipinski definition) is 3. The highest BCUT2D eigenvalue weighted by Crippen LogP contribution is 2.33. The number of benzene rings is 2. The van der Waals surface area contributed by atoms with Gasteiger partial charge in [0, 0.05) is 6.54 Å². The number of nitrogens with zero attached hydrogens (tertiary/aromatic N) is 1. The number of ether oxygens (including phenoxy) is 1. The molecule has 4 nitrogen and oxygen atoms in total. The average molecular weight is 317 g/mol. The number of para-hydroxylation sites is 1. The van der Waals surface area contributed by atoms with Crippen molar-refractivity contribution in [2.24, 2.45) is 0 Å². The number of aryl methyl sites for hydroxylation is 1. The second kappa shape index (κ2) is 5.65. The molecule has 0 aromatic heterocycles. The molecule has 1 aliphatic heterocycles. The Bertz CT molecular complexity index is 799. The third kappa shape index (κ3) is 2.46. The average Bonchev–Trinajstić information content (AvgIpc) is 2.94. The fraction of sp³-hybridized carbons (Fsp3) is 0.294. The van der Waals surface area contributed by atoms with Crippen molar-refractivity contribution in [3.8, 4) is 5.75 Å². The summed E-state index contributed by atoms with van der Waals surface area (Å²) in [5.74, 6) is 0.725. The zero-order valence-corrected chi connectivity index (χ0v) is 13.6. The van der Waals surface area contributed by atoms with Crippen LogP contribution >= 0.6 is 0 Å². The molecular weight excluding hydrogens is 298 g/mol. The maximum Gasteiger partial charge on any atom is 0.264 e. The van der Waals surface area contributed by atoms with Crippen LogP contribution in [-0.4, -0.2) is 21.6 Å². The van der Waals surface area contributed by atoms with Crippen LogP contribution in [0, 0.1) is 6.92 Å². The first-order chi connectivity index (χ1) is 10.5. The molecular formula is C17H19NO3S. The Balaban J connectivity index is 1.99. The van der Waals surface area contributed by atoms with E-state index in [1.807, 2.05) is 38.1 Å². The van der Waals surface area contributed by atoms with Crippen molar-refractivity contribution in [1.82, 2.24) is 0 Å². The third-order valence-electron chi connectivity index (χ3n) is 3.88. The molecule has 0 bridgehead atoms. The van der Waals surface area contributed by atoms with Crippen LogP contribution in [0.4, 0.5) is 5.69 Å². The van der Waals surface area contributed by atoms with Gasteiger partial charge in [0.05, 0.1) is 17.2 Å². The van der Waals surface area contributed by atoms with Crippen LogP contribution in [0.2, 0.25) is 0 Å². The van der Waals surface area contributed by atoms with E-state index in [4.69, 9.17) is 4.74 Å². The van der Waals surface area contributed by atoms with E-state index in [0.29, 0.717) is 18.0 Å². The van der Waals surface area contributed by atoms with E-state index >= 15 is 0 Å². The first kappa shape index (κ1) is 14.9. The molecule has 0 aliphatic carbocycles. The Kier molecular flexibility index (Phi) is 3.83. The minimum Gasteiger partial charge on any atom is -0.494 e. The summed E-state index contributed by atoms with van der Waals surface area (Å²) in [5.41, 5.74) is 2.69. The molecule has 0 fully saturated rings. The quantitative estimate of drug-likeness (QED) is 0.870. The highest BCUT2D eigenvalue weighted by Gasteiger charge is 2.30. The largest absolute Gasteiger partial charge is 0.494 e. The number of anilines is 1. The molecule has 1 aliphatic rings. The molecule has 22 heavy (non-hydrogen) atoms. The molecule has 2 aromatic rings. The van der Waals surface area contributed by atoms with Gasteiger partial charge >= 0.3 is 0 Å². The van der Waals surface area contributed by atoms with Crippen LogP contribution < -0.4 is 9.04 Å². The third-order valence-corrected chi connectivity index (χ3v) is 5.69. The Morgan fingerprint density at radius 1 is 1.18 bits per heavy atom. The molecule has 0 saturated carbocycles. The normalized spacial score (nSPS) is 14.0. The Morgan fingerprint density at radius 2 is 1.95 bits per heavy atom.